The average Bonchev–Trinajstić information content (AvgIpc) is 2.98. The van der Waals surface area contributed by atoms with Gasteiger partial charge in [-0.1, -0.05) is 11.6 Å². The molecule has 1 atom stereocenters. The van der Waals surface area contributed by atoms with Crippen LogP contribution in [0.4, 0.5) is 0 Å². The van der Waals surface area contributed by atoms with Crippen LogP contribution in [0.2, 0.25) is 5.02 Å². The highest BCUT2D eigenvalue weighted by Gasteiger charge is 2.35. The van der Waals surface area contributed by atoms with Crippen LogP contribution < -0.4 is 10.1 Å². The van der Waals surface area contributed by atoms with Crippen LogP contribution >= 0.6 is 11.6 Å². The molecule has 0 radical (unpaired) electrons. The van der Waals surface area contributed by atoms with Crippen molar-refractivity contribution in [1.29, 1.82) is 0 Å². The molecule has 1 aromatic rings. The van der Waals surface area contributed by atoms with Crippen molar-refractivity contribution in [3.63, 3.8) is 0 Å². The summed E-state index contributed by atoms with van der Waals surface area (Å²) >= 11 is 6.55. The van der Waals surface area contributed by atoms with Gasteiger partial charge in [0.1, 0.15) is 5.75 Å². The van der Waals surface area contributed by atoms with Gasteiger partial charge >= 0.3 is 0 Å². The van der Waals surface area contributed by atoms with Gasteiger partial charge in [-0.2, -0.15) is 0 Å². The molecule has 2 aliphatic rings. The Labute approximate surface area is 114 Å². The Bertz CT molecular complexity index is 478. The molecule has 0 bridgehead atoms. The molecule has 18 heavy (non-hydrogen) atoms. The molecule has 1 aliphatic heterocycles. The number of benzene rings is 1. The Morgan fingerprint density at radius 1 is 1.33 bits per heavy atom. The van der Waals surface area contributed by atoms with E-state index in [-0.39, 0.29) is 5.54 Å². The molecule has 1 N–H and O–H groups in total. The van der Waals surface area contributed by atoms with E-state index in [1.165, 1.54) is 29.5 Å². The van der Waals surface area contributed by atoms with E-state index in [1.54, 1.807) is 7.11 Å². The molecular weight excluding hydrogens is 246 g/mol. The van der Waals surface area contributed by atoms with Gasteiger partial charge in [0, 0.05) is 11.1 Å². The zero-order valence-corrected chi connectivity index (χ0v) is 11.9. The number of fused-ring (bicyclic) bond motifs is 1. The number of aryl methyl sites for hydroxylation is 1. The molecule has 1 saturated heterocycles. The van der Waals surface area contributed by atoms with Crippen molar-refractivity contribution >= 4 is 11.6 Å². The number of halogens is 1. The lowest BCUT2D eigenvalue weighted by molar-refractivity contribution is 0.370. The fourth-order valence-electron chi connectivity index (χ4n) is 3.41. The molecule has 3 heteroatoms. The summed E-state index contributed by atoms with van der Waals surface area (Å²) in [6.07, 6.45) is 5.83. The van der Waals surface area contributed by atoms with Crippen molar-refractivity contribution in [2.24, 2.45) is 0 Å². The van der Waals surface area contributed by atoms with E-state index in [1.807, 2.05) is 0 Å². The first kappa shape index (κ1) is 12.3. The van der Waals surface area contributed by atoms with Crippen molar-refractivity contribution < 1.29 is 4.74 Å². The van der Waals surface area contributed by atoms with Gasteiger partial charge in [-0.25, -0.2) is 0 Å². The van der Waals surface area contributed by atoms with Crippen LogP contribution in [0.3, 0.4) is 0 Å². The van der Waals surface area contributed by atoms with Crippen LogP contribution in [-0.4, -0.2) is 13.7 Å². The monoisotopic (exact) mass is 265 g/mol. The molecule has 1 unspecified atom stereocenters. The lowest BCUT2D eigenvalue weighted by atomic mass is 9.87. The van der Waals surface area contributed by atoms with Crippen molar-refractivity contribution in [2.45, 2.75) is 44.6 Å². The molecule has 1 fully saturated rings. The molecule has 0 saturated carbocycles. The fraction of sp³-hybridized carbons (Fsp3) is 0.600. The number of hydrogen-bond donors (Lipinski definition) is 1. The molecule has 3 rings (SSSR count). The van der Waals surface area contributed by atoms with E-state index in [0.29, 0.717) is 0 Å². The first-order valence-corrected chi connectivity index (χ1v) is 7.17. The van der Waals surface area contributed by atoms with Gasteiger partial charge in [0.2, 0.25) is 0 Å². The Morgan fingerprint density at radius 2 is 2.17 bits per heavy atom. The van der Waals surface area contributed by atoms with E-state index < -0.39 is 0 Å². The van der Waals surface area contributed by atoms with Crippen molar-refractivity contribution in [3.8, 4) is 5.75 Å². The molecule has 1 heterocycles. The Balaban J connectivity index is 2.16. The van der Waals surface area contributed by atoms with Crippen LogP contribution in [0.5, 0.6) is 5.75 Å². The number of nitrogens with one attached hydrogen (secondary N) is 1. The predicted octanol–water partition coefficient (Wildman–Crippen LogP) is 3.44. The quantitative estimate of drug-likeness (QED) is 0.885. The molecular formula is C15H20ClNO. The normalized spacial score (nSPS) is 26.4. The minimum absolute atomic E-state index is 0.0204. The van der Waals surface area contributed by atoms with Gasteiger partial charge in [-0.05, 0) is 62.8 Å². The van der Waals surface area contributed by atoms with Crippen molar-refractivity contribution in [2.75, 3.05) is 13.7 Å². The van der Waals surface area contributed by atoms with Gasteiger partial charge < -0.3 is 10.1 Å². The van der Waals surface area contributed by atoms with Crippen molar-refractivity contribution in [1.82, 2.24) is 5.32 Å². The number of methoxy groups -OCH3 is 1. The second kappa shape index (κ2) is 4.43. The molecule has 1 aliphatic carbocycles. The van der Waals surface area contributed by atoms with Crippen LogP contribution in [0.15, 0.2) is 6.07 Å². The van der Waals surface area contributed by atoms with Crippen LogP contribution in [0.25, 0.3) is 0 Å². The van der Waals surface area contributed by atoms with E-state index in [2.05, 4.69) is 18.3 Å². The van der Waals surface area contributed by atoms with E-state index >= 15 is 0 Å². The van der Waals surface area contributed by atoms with E-state index in [0.717, 1.165) is 36.6 Å². The van der Waals surface area contributed by atoms with Gasteiger partial charge in [0.25, 0.3) is 0 Å². The standard InChI is InChI=1S/C15H20ClNO/c1-15(7-4-8-17-15)12-9-10-5-3-6-11(10)13(16)14(12)18-2/h9,17H,3-8H2,1-2H3. The number of rotatable bonds is 2. The smallest absolute Gasteiger partial charge is 0.142 e. The Kier molecular flexibility index (Phi) is 3.03. The molecule has 98 valence electrons. The first-order chi connectivity index (χ1) is 8.65. The van der Waals surface area contributed by atoms with E-state index in [9.17, 15) is 0 Å². The zero-order valence-electron chi connectivity index (χ0n) is 11.1. The van der Waals surface area contributed by atoms with Crippen LogP contribution in [0, 0.1) is 0 Å². The third kappa shape index (κ3) is 1.74. The zero-order chi connectivity index (χ0) is 12.8. The summed E-state index contributed by atoms with van der Waals surface area (Å²) in [5, 5.41) is 4.45. The van der Waals surface area contributed by atoms with Crippen LogP contribution in [0.1, 0.15) is 42.9 Å². The minimum Gasteiger partial charge on any atom is -0.495 e. The first-order valence-electron chi connectivity index (χ1n) is 6.79. The lowest BCUT2D eigenvalue weighted by Gasteiger charge is -2.28. The topological polar surface area (TPSA) is 21.3 Å². The maximum Gasteiger partial charge on any atom is 0.142 e. The lowest BCUT2D eigenvalue weighted by Crippen LogP contribution is -2.33. The molecule has 0 amide bonds. The summed E-state index contributed by atoms with van der Waals surface area (Å²) in [4.78, 5) is 0. The van der Waals surface area contributed by atoms with Gasteiger partial charge in [-0.3, -0.25) is 0 Å². The van der Waals surface area contributed by atoms with Gasteiger partial charge in [0.05, 0.1) is 12.1 Å². The van der Waals surface area contributed by atoms with E-state index in [4.69, 9.17) is 16.3 Å². The highest BCUT2D eigenvalue weighted by molar-refractivity contribution is 6.33. The van der Waals surface area contributed by atoms with Crippen molar-refractivity contribution in [3.05, 3.63) is 27.8 Å². The maximum atomic E-state index is 6.55. The highest BCUT2D eigenvalue weighted by atomic mass is 35.5. The third-order valence-electron chi connectivity index (χ3n) is 4.46. The van der Waals surface area contributed by atoms with Gasteiger partial charge in [0.15, 0.2) is 0 Å². The van der Waals surface area contributed by atoms with Crippen LogP contribution in [-0.2, 0) is 18.4 Å². The van der Waals surface area contributed by atoms with Gasteiger partial charge in [-0.15, -0.1) is 0 Å². The molecule has 2 nitrogen and oxygen atoms in total. The molecule has 0 spiro atoms. The maximum absolute atomic E-state index is 6.55. The second-order valence-electron chi connectivity index (χ2n) is 5.63. The summed E-state index contributed by atoms with van der Waals surface area (Å²) in [6.45, 7) is 3.34. The molecule has 1 aromatic carbocycles. The summed E-state index contributed by atoms with van der Waals surface area (Å²) in [5.74, 6) is 0.884. The number of hydrogen-bond acceptors (Lipinski definition) is 2. The summed E-state index contributed by atoms with van der Waals surface area (Å²) in [6, 6.07) is 2.32. The summed E-state index contributed by atoms with van der Waals surface area (Å²) in [5.41, 5.74) is 3.99. The second-order valence-corrected chi connectivity index (χ2v) is 6.00. The third-order valence-corrected chi connectivity index (χ3v) is 4.86. The predicted molar refractivity (Wildman–Crippen MR) is 74.6 cm³/mol. The fourth-order valence-corrected chi connectivity index (χ4v) is 3.80. The Hall–Kier alpha value is -0.730. The minimum atomic E-state index is 0.0204. The SMILES string of the molecule is COc1c(C2(C)CCCN2)cc2c(c1Cl)CCC2. The highest BCUT2D eigenvalue weighted by Crippen LogP contribution is 2.44. The summed E-state index contributed by atoms with van der Waals surface area (Å²) in [7, 11) is 1.73. The number of ether oxygens (including phenoxy) is 1. The largest absolute Gasteiger partial charge is 0.495 e. The summed E-state index contributed by atoms with van der Waals surface area (Å²) < 4.78 is 5.61. The average molecular weight is 266 g/mol. The molecule has 0 aromatic heterocycles. The Morgan fingerprint density at radius 3 is 2.83 bits per heavy atom.